The lowest BCUT2D eigenvalue weighted by Gasteiger charge is -2.33. The molecule has 9 nitrogen and oxygen atoms in total. The molecule has 4 aromatic carbocycles. The molecule has 0 saturated carbocycles. The second-order valence-corrected chi connectivity index (χ2v) is 14.0. The normalized spacial score (nSPS) is 14.5. The van der Waals surface area contributed by atoms with E-state index in [0.29, 0.717) is 39.0 Å². The Bertz CT molecular complexity index is 1770. The number of sulfonamides is 1. The molecule has 1 atom stereocenters. The van der Waals surface area contributed by atoms with Crippen molar-refractivity contribution in [2.75, 3.05) is 41.0 Å². The van der Waals surface area contributed by atoms with E-state index in [4.69, 9.17) is 4.74 Å². The molecule has 0 radical (unpaired) electrons. The molecule has 13 heteroatoms. The van der Waals surface area contributed by atoms with Gasteiger partial charge in [0.25, 0.3) is 5.91 Å². The van der Waals surface area contributed by atoms with E-state index < -0.39 is 32.5 Å². The monoisotopic (exact) mass is 686 g/mol. The van der Waals surface area contributed by atoms with E-state index in [-0.39, 0.29) is 18.4 Å². The Labute approximate surface area is 277 Å². The van der Waals surface area contributed by atoms with Gasteiger partial charge in [0.05, 0.1) is 27.5 Å². The number of likely N-dealkylation sites (tertiary alicyclic amines) is 1. The molecule has 1 aliphatic rings. The molecule has 1 heterocycles. The summed E-state index contributed by atoms with van der Waals surface area (Å²) in [6.45, 7) is 2.51. The highest BCUT2D eigenvalue weighted by Gasteiger charge is 2.24. The predicted molar refractivity (Wildman–Crippen MR) is 184 cm³/mol. The van der Waals surface area contributed by atoms with Crippen LogP contribution in [0.15, 0.2) is 95.9 Å². The molecule has 0 bridgehead atoms. The van der Waals surface area contributed by atoms with Gasteiger partial charge in [-0.25, -0.2) is 12.8 Å². The van der Waals surface area contributed by atoms with Crippen LogP contribution < -0.4 is 20.1 Å². The summed E-state index contributed by atoms with van der Waals surface area (Å²) in [4.78, 5) is 16.1. The van der Waals surface area contributed by atoms with Crippen molar-refractivity contribution in [3.05, 3.63) is 108 Å². The van der Waals surface area contributed by atoms with Crippen molar-refractivity contribution in [1.29, 1.82) is 0 Å². The van der Waals surface area contributed by atoms with Gasteiger partial charge in [0.2, 0.25) is 10.0 Å². The first kappa shape index (κ1) is 34.9. The number of piperidine rings is 1. The molecule has 5 rings (SSSR count). The SMILES string of the molecule is CS(=O)c1cccc(NC2CCN(Cc3ccc(Oc4ccc(NS(C)(=O)=O)cc4)cc3)CC2)c1C(=O)Nc1ccc(F)cc1.Cl. The molecule has 4 aromatic rings. The van der Waals surface area contributed by atoms with Crippen molar-refractivity contribution in [2.45, 2.75) is 30.3 Å². The van der Waals surface area contributed by atoms with Crippen molar-refractivity contribution in [3.63, 3.8) is 0 Å². The molecule has 0 spiro atoms. The van der Waals surface area contributed by atoms with Crippen LogP contribution in [-0.4, -0.2) is 55.1 Å². The zero-order valence-corrected chi connectivity index (χ0v) is 27.8. The summed E-state index contributed by atoms with van der Waals surface area (Å²) in [6, 6.07) is 25.6. The van der Waals surface area contributed by atoms with E-state index in [0.717, 1.165) is 44.3 Å². The number of amides is 1. The van der Waals surface area contributed by atoms with E-state index in [1.807, 2.05) is 30.3 Å². The fourth-order valence-corrected chi connectivity index (χ4v) is 6.49. The molecule has 244 valence electrons. The number of halogens is 2. The molecule has 0 aromatic heterocycles. The van der Waals surface area contributed by atoms with Gasteiger partial charge in [0.1, 0.15) is 17.3 Å². The summed E-state index contributed by atoms with van der Waals surface area (Å²) >= 11 is 0. The Balaban J connectivity index is 0.00000480. The first-order valence-corrected chi connectivity index (χ1v) is 17.8. The van der Waals surface area contributed by atoms with Gasteiger partial charge in [0.15, 0.2) is 0 Å². The number of rotatable bonds is 11. The third-order valence-electron chi connectivity index (χ3n) is 7.34. The van der Waals surface area contributed by atoms with Gasteiger partial charge >= 0.3 is 0 Å². The van der Waals surface area contributed by atoms with Gasteiger partial charge in [-0.15, -0.1) is 12.4 Å². The maximum absolute atomic E-state index is 13.3. The van der Waals surface area contributed by atoms with Crippen LogP contribution in [0.4, 0.5) is 21.5 Å². The van der Waals surface area contributed by atoms with Crippen LogP contribution in [-0.2, 0) is 27.4 Å². The van der Waals surface area contributed by atoms with Gasteiger partial charge in [-0.2, -0.15) is 0 Å². The largest absolute Gasteiger partial charge is 0.457 e. The maximum Gasteiger partial charge on any atom is 0.258 e. The van der Waals surface area contributed by atoms with Crippen molar-refractivity contribution in [1.82, 2.24) is 4.90 Å². The van der Waals surface area contributed by atoms with E-state index in [1.54, 1.807) is 42.7 Å². The summed E-state index contributed by atoms with van der Waals surface area (Å²) in [5.74, 6) is 0.484. The fraction of sp³-hybridized carbons (Fsp3) is 0.242. The number of carbonyl (C=O) groups is 1. The first-order chi connectivity index (χ1) is 21.5. The Morgan fingerprint density at radius 1 is 0.913 bits per heavy atom. The minimum absolute atomic E-state index is 0. The molecule has 1 aliphatic heterocycles. The number of ether oxygens (including phenoxy) is 1. The van der Waals surface area contributed by atoms with Crippen LogP contribution in [0.3, 0.4) is 0 Å². The highest BCUT2D eigenvalue weighted by atomic mass is 35.5. The van der Waals surface area contributed by atoms with Crippen LogP contribution in [0.25, 0.3) is 0 Å². The zero-order chi connectivity index (χ0) is 32.0. The van der Waals surface area contributed by atoms with Gasteiger partial charge in [0, 0.05) is 49.0 Å². The van der Waals surface area contributed by atoms with E-state index in [2.05, 4.69) is 20.3 Å². The molecule has 1 amide bonds. The smallest absolute Gasteiger partial charge is 0.258 e. The van der Waals surface area contributed by atoms with Gasteiger partial charge in [-0.1, -0.05) is 18.2 Å². The molecule has 0 aliphatic carbocycles. The minimum Gasteiger partial charge on any atom is -0.457 e. The third kappa shape index (κ3) is 9.76. The molecule has 46 heavy (non-hydrogen) atoms. The lowest BCUT2D eigenvalue weighted by Crippen LogP contribution is -2.39. The third-order valence-corrected chi connectivity index (χ3v) is 8.90. The Kier molecular flexibility index (Phi) is 11.8. The zero-order valence-electron chi connectivity index (χ0n) is 25.4. The van der Waals surface area contributed by atoms with Gasteiger partial charge in [-0.05, 0) is 91.2 Å². The number of hydrogen-bond acceptors (Lipinski definition) is 7. The van der Waals surface area contributed by atoms with Gasteiger partial charge in [-0.3, -0.25) is 18.6 Å². The second kappa shape index (κ2) is 15.5. The Hall–Kier alpha value is -3.97. The lowest BCUT2D eigenvalue weighted by molar-refractivity contribution is 0.102. The highest BCUT2D eigenvalue weighted by Crippen LogP contribution is 2.28. The number of nitrogens with zero attached hydrogens (tertiary/aromatic N) is 1. The highest BCUT2D eigenvalue weighted by molar-refractivity contribution is 7.92. The summed E-state index contributed by atoms with van der Waals surface area (Å²) in [6.07, 6.45) is 4.38. The number of hydrogen-bond donors (Lipinski definition) is 3. The van der Waals surface area contributed by atoms with Crippen molar-refractivity contribution < 1.29 is 26.5 Å². The lowest BCUT2D eigenvalue weighted by atomic mass is 10.0. The quantitative estimate of drug-likeness (QED) is 0.165. The number of carbonyl (C=O) groups excluding carboxylic acids is 1. The number of anilines is 3. The van der Waals surface area contributed by atoms with Gasteiger partial charge < -0.3 is 15.4 Å². The standard InChI is InChI=1S/C33H35FN4O5S2.ClH/c1-44(40)31-5-3-4-30(32(31)33(39)36-25-10-8-24(34)9-11-25)35-26-18-20-38(21-19-26)22-23-6-14-28(15-7-23)43-29-16-12-27(13-17-29)37-45(2,41)42;/h3-17,26,35,37H,18-22H2,1-2H3,(H,36,39);1H. The van der Waals surface area contributed by atoms with Crippen LogP contribution in [0.2, 0.25) is 0 Å². The fourth-order valence-electron chi connectivity index (χ4n) is 5.17. The average molecular weight is 687 g/mol. The Morgan fingerprint density at radius 2 is 1.50 bits per heavy atom. The van der Waals surface area contributed by atoms with E-state index in [9.17, 15) is 21.8 Å². The van der Waals surface area contributed by atoms with Crippen LogP contribution >= 0.6 is 12.4 Å². The van der Waals surface area contributed by atoms with Crippen molar-refractivity contribution in [2.24, 2.45) is 0 Å². The molecule has 1 fully saturated rings. The van der Waals surface area contributed by atoms with Crippen molar-refractivity contribution >= 4 is 56.2 Å². The summed E-state index contributed by atoms with van der Waals surface area (Å²) in [5.41, 5.74) is 3.03. The minimum atomic E-state index is -3.34. The number of nitrogens with one attached hydrogen (secondary N) is 3. The molecule has 1 unspecified atom stereocenters. The average Bonchev–Trinajstić information content (AvgIpc) is 3.00. The topological polar surface area (TPSA) is 117 Å². The molecular weight excluding hydrogens is 651 g/mol. The first-order valence-electron chi connectivity index (χ1n) is 14.4. The summed E-state index contributed by atoms with van der Waals surface area (Å²) < 4.78 is 57.0. The van der Waals surface area contributed by atoms with E-state index >= 15 is 0 Å². The second-order valence-electron chi connectivity index (χ2n) is 10.9. The molecule has 3 N–H and O–H groups in total. The molecule has 1 saturated heterocycles. The Morgan fingerprint density at radius 3 is 2.09 bits per heavy atom. The van der Waals surface area contributed by atoms with Crippen molar-refractivity contribution in [3.8, 4) is 11.5 Å². The molecular formula is C33H36ClFN4O5S2. The summed E-state index contributed by atoms with van der Waals surface area (Å²) in [7, 11) is -4.72. The number of benzene rings is 4. The predicted octanol–water partition coefficient (Wildman–Crippen LogP) is 6.48. The summed E-state index contributed by atoms with van der Waals surface area (Å²) in [5, 5.41) is 6.32. The van der Waals surface area contributed by atoms with Crippen LogP contribution in [0.5, 0.6) is 11.5 Å². The van der Waals surface area contributed by atoms with Crippen LogP contribution in [0.1, 0.15) is 28.8 Å². The van der Waals surface area contributed by atoms with E-state index in [1.165, 1.54) is 24.3 Å². The van der Waals surface area contributed by atoms with Crippen LogP contribution in [0, 0.1) is 5.82 Å². The maximum atomic E-state index is 13.3.